The largest absolute Gasteiger partial charge is 0.478 e. The first-order valence-corrected chi connectivity index (χ1v) is 8.17. The zero-order valence-electron chi connectivity index (χ0n) is 12.0. The van der Waals surface area contributed by atoms with E-state index in [1.165, 1.54) is 16.4 Å². The first-order chi connectivity index (χ1) is 9.26. The summed E-state index contributed by atoms with van der Waals surface area (Å²) < 4.78 is 26.1. The van der Waals surface area contributed by atoms with Crippen molar-refractivity contribution in [2.45, 2.75) is 26.5 Å². The monoisotopic (exact) mass is 299 g/mol. The van der Waals surface area contributed by atoms with Crippen LogP contribution in [-0.4, -0.2) is 36.9 Å². The summed E-state index contributed by atoms with van der Waals surface area (Å²) in [6.07, 6.45) is 0. The summed E-state index contributed by atoms with van der Waals surface area (Å²) in [6.45, 7) is 6.69. The molecule has 0 bridgehead atoms. The van der Waals surface area contributed by atoms with Gasteiger partial charge in [0.1, 0.15) is 0 Å². The summed E-state index contributed by atoms with van der Waals surface area (Å²) in [5.74, 6) is -0.860. The van der Waals surface area contributed by atoms with Crippen molar-refractivity contribution < 1.29 is 18.3 Å². The number of hydrogen-bond acceptors (Lipinski definition) is 3. The highest BCUT2D eigenvalue weighted by Gasteiger charge is 2.21. The van der Waals surface area contributed by atoms with Crippen molar-refractivity contribution >= 4 is 16.0 Å². The van der Waals surface area contributed by atoms with E-state index in [1.807, 2.05) is 20.8 Å². The van der Waals surface area contributed by atoms with E-state index in [-0.39, 0.29) is 17.2 Å². The number of hydrogen-bond donors (Lipinski definition) is 1. The van der Waals surface area contributed by atoms with Crippen molar-refractivity contribution in [1.29, 1.82) is 0 Å². The number of sulfonamides is 1. The Morgan fingerprint density at radius 3 is 2.20 bits per heavy atom. The Kier molecular flexibility index (Phi) is 5.71. The first-order valence-electron chi connectivity index (χ1n) is 6.56. The van der Waals surface area contributed by atoms with E-state index in [2.05, 4.69) is 0 Å². The van der Waals surface area contributed by atoms with Crippen molar-refractivity contribution in [3.8, 4) is 0 Å². The van der Waals surface area contributed by atoms with Crippen LogP contribution in [0.5, 0.6) is 0 Å². The van der Waals surface area contributed by atoms with Gasteiger partial charge in [0, 0.05) is 13.1 Å². The van der Waals surface area contributed by atoms with Gasteiger partial charge in [-0.05, 0) is 23.6 Å². The summed E-state index contributed by atoms with van der Waals surface area (Å²) in [5.41, 5.74) is 0.748. The SMILES string of the molecule is CCN(CC(C)C)S(=O)(=O)Cc1ccc(C(=O)O)cc1. The summed E-state index contributed by atoms with van der Waals surface area (Å²) in [4.78, 5) is 10.7. The number of nitrogens with zero attached hydrogens (tertiary/aromatic N) is 1. The highest BCUT2D eigenvalue weighted by molar-refractivity contribution is 7.88. The van der Waals surface area contributed by atoms with Crippen molar-refractivity contribution in [2.75, 3.05) is 13.1 Å². The van der Waals surface area contributed by atoms with Crippen LogP contribution in [0, 0.1) is 5.92 Å². The van der Waals surface area contributed by atoms with Gasteiger partial charge in [0.2, 0.25) is 10.0 Å². The zero-order chi connectivity index (χ0) is 15.3. The van der Waals surface area contributed by atoms with Crippen LogP contribution in [-0.2, 0) is 15.8 Å². The molecule has 6 heteroatoms. The fourth-order valence-corrected chi connectivity index (χ4v) is 3.61. The summed E-state index contributed by atoms with van der Waals surface area (Å²) in [7, 11) is -3.37. The number of carboxylic acid groups (broad SMARTS) is 1. The highest BCUT2D eigenvalue weighted by atomic mass is 32.2. The lowest BCUT2D eigenvalue weighted by Gasteiger charge is -2.22. The third kappa shape index (κ3) is 4.61. The summed E-state index contributed by atoms with van der Waals surface area (Å²) in [6, 6.07) is 5.94. The van der Waals surface area contributed by atoms with Crippen LogP contribution >= 0.6 is 0 Å². The molecule has 1 aromatic rings. The van der Waals surface area contributed by atoms with Gasteiger partial charge < -0.3 is 5.11 Å². The van der Waals surface area contributed by atoms with Gasteiger partial charge >= 0.3 is 5.97 Å². The maximum absolute atomic E-state index is 12.3. The molecule has 0 aliphatic carbocycles. The van der Waals surface area contributed by atoms with Crippen LogP contribution < -0.4 is 0 Å². The van der Waals surface area contributed by atoms with E-state index in [9.17, 15) is 13.2 Å². The molecule has 5 nitrogen and oxygen atoms in total. The molecule has 0 aromatic heterocycles. The molecule has 0 amide bonds. The Morgan fingerprint density at radius 1 is 1.25 bits per heavy atom. The maximum atomic E-state index is 12.3. The van der Waals surface area contributed by atoms with Gasteiger partial charge in [-0.15, -0.1) is 0 Å². The molecular formula is C14H21NO4S. The maximum Gasteiger partial charge on any atom is 0.335 e. The third-order valence-corrected chi connectivity index (χ3v) is 4.76. The van der Waals surface area contributed by atoms with Crippen molar-refractivity contribution in [3.05, 3.63) is 35.4 Å². The second kappa shape index (κ2) is 6.85. The topological polar surface area (TPSA) is 74.7 Å². The second-order valence-corrected chi connectivity index (χ2v) is 7.07. The molecule has 0 fully saturated rings. The van der Waals surface area contributed by atoms with Crippen molar-refractivity contribution in [3.63, 3.8) is 0 Å². The van der Waals surface area contributed by atoms with Crippen molar-refractivity contribution in [2.24, 2.45) is 5.92 Å². The number of carbonyl (C=O) groups is 1. The molecule has 0 aliphatic rings. The van der Waals surface area contributed by atoms with Gasteiger partial charge in [-0.1, -0.05) is 32.9 Å². The fourth-order valence-electron chi connectivity index (χ4n) is 1.89. The first kappa shape index (κ1) is 16.7. The van der Waals surface area contributed by atoms with Crippen molar-refractivity contribution in [1.82, 2.24) is 4.31 Å². The van der Waals surface area contributed by atoms with Crippen LogP contribution in [0.15, 0.2) is 24.3 Å². The molecule has 112 valence electrons. The third-order valence-electron chi connectivity index (χ3n) is 2.86. The Hall–Kier alpha value is -1.40. The number of rotatable bonds is 7. The van der Waals surface area contributed by atoms with E-state index >= 15 is 0 Å². The smallest absolute Gasteiger partial charge is 0.335 e. The highest BCUT2D eigenvalue weighted by Crippen LogP contribution is 2.13. The molecule has 0 saturated carbocycles. The van der Waals surface area contributed by atoms with Crippen LogP contribution in [0.25, 0.3) is 0 Å². The normalized spacial score (nSPS) is 12.1. The molecule has 0 radical (unpaired) electrons. The predicted molar refractivity (Wildman–Crippen MR) is 78.1 cm³/mol. The Balaban J connectivity index is 2.86. The summed E-state index contributed by atoms with van der Waals surface area (Å²) in [5, 5.41) is 8.81. The quantitative estimate of drug-likeness (QED) is 0.837. The molecule has 20 heavy (non-hydrogen) atoms. The van der Waals surface area contributed by atoms with E-state index < -0.39 is 16.0 Å². The van der Waals surface area contributed by atoms with Gasteiger partial charge in [-0.25, -0.2) is 17.5 Å². The predicted octanol–water partition coefficient (Wildman–Crippen LogP) is 2.19. The Morgan fingerprint density at radius 2 is 1.80 bits per heavy atom. The molecule has 0 spiro atoms. The Bertz CT molecular complexity index is 549. The minimum Gasteiger partial charge on any atom is -0.478 e. The number of aromatic carboxylic acids is 1. The van der Waals surface area contributed by atoms with Crippen LogP contribution in [0.1, 0.15) is 36.7 Å². The summed E-state index contributed by atoms with van der Waals surface area (Å²) >= 11 is 0. The van der Waals surface area contributed by atoms with Crippen LogP contribution in [0.2, 0.25) is 0 Å². The van der Waals surface area contributed by atoms with E-state index in [0.29, 0.717) is 18.7 Å². The lowest BCUT2D eigenvalue weighted by atomic mass is 10.1. The second-order valence-electron chi connectivity index (χ2n) is 5.10. The molecular weight excluding hydrogens is 278 g/mol. The van der Waals surface area contributed by atoms with Gasteiger partial charge in [-0.2, -0.15) is 0 Å². The molecule has 0 unspecified atom stereocenters. The van der Waals surface area contributed by atoms with Crippen LogP contribution in [0.3, 0.4) is 0 Å². The van der Waals surface area contributed by atoms with Gasteiger partial charge in [0.25, 0.3) is 0 Å². The van der Waals surface area contributed by atoms with Gasteiger partial charge in [0.05, 0.1) is 11.3 Å². The average molecular weight is 299 g/mol. The average Bonchev–Trinajstić information content (AvgIpc) is 2.35. The minimum atomic E-state index is -3.37. The molecule has 1 rings (SSSR count). The molecule has 0 heterocycles. The number of carboxylic acids is 1. The van der Waals surface area contributed by atoms with Crippen LogP contribution in [0.4, 0.5) is 0 Å². The Labute approximate surface area is 120 Å². The molecule has 0 saturated heterocycles. The zero-order valence-corrected chi connectivity index (χ0v) is 12.9. The van der Waals surface area contributed by atoms with E-state index in [4.69, 9.17) is 5.11 Å². The molecule has 1 aromatic carbocycles. The van der Waals surface area contributed by atoms with Gasteiger partial charge in [-0.3, -0.25) is 0 Å². The fraction of sp³-hybridized carbons (Fsp3) is 0.500. The van der Waals surface area contributed by atoms with Gasteiger partial charge in [0.15, 0.2) is 0 Å². The molecule has 1 N–H and O–H groups in total. The minimum absolute atomic E-state index is 0.104. The molecule has 0 aliphatic heterocycles. The number of benzene rings is 1. The lowest BCUT2D eigenvalue weighted by Crippen LogP contribution is -2.34. The lowest BCUT2D eigenvalue weighted by molar-refractivity contribution is 0.0697. The standard InChI is InChI=1S/C14H21NO4S/c1-4-15(9-11(2)3)20(18,19)10-12-5-7-13(8-6-12)14(16)17/h5-8,11H,4,9-10H2,1-3H3,(H,16,17). The van der Waals surface area contributed by atoms with E-state index in [1.54, 1.807) is 12.1 Å². The van der Waals surface area contributed by atoms with E-state index in [0.717, 1.165) is 0 Å². The molecule has 0 atom stereocenters.